The van der Waals surface area contributed by atoms with Gasteiger partial charge in [0.2, 0.25) is 6.10 Å². The Kier molecular flexibility index (Phi) is 5.21. The highest BCUT2D eigenvalue weighted by molar-refractivity contribution is 5.92. The van der Waals surface area contributed by atoms with Gasteiger partial charge in [0.05, 0.1) is 11.3 Å². The van der Waals surface area contributed by atoms with Gasteiger partial charge in [-0.25, -0.2) is 4.79 Å². The number of carbonyl (C=O) groups is 2. The van der Waals surface area contributed by atoms with Gasteiger partial charge in [0, 0.05) is 32.4 Å². The van der Waals surface area contributed by atoms with Gasteiger partial charge in [-0.15, -0.1) is 0 Å². The predicted molar refractivity (Wildman–Crippen MR) is 90.8 cm³/mol. The van der Waals surface area contributed by atoms with Gasteiger partial charge >= 0.3 is 5.97 Å². The van der Waals surface area contributed by atoms with E-state index in [1.54, 1.807) is 12.1 Å². The number of hydrogen-bond donors (Lipinski definition) is 1. The first kappa shape index (κ1) is 17.3. The quantitative estimate of drug-likeness (QED) is 0.884. The Balaban J connectivity index is 1.47. The van der Waals surface area contributed by atoms with E-state index in [-0.39, 0.29) is 17.6 Å². The van der Waals surface area contributed by atoms with Gasteiger partial charge in [-0.05, 0) is 30.7 Å². The summed E-state index contributed by atoms with van der Waals surface area (Å²) >= 11 is 0. The van der Waals surface area contributed by atoms with Crippen molar-refractivity contribution < 1.29 is 24.3 Å². The smallest absolute Gasteiger partial charge is 0.335 e. The number of amides is 1. The predicted octanol–water partition coefficient (Wildman–Crippen LogP) is 2.31. The zero-order valence-electron chi connectivity index (χ0n) is 14.2. The molecular formula is C18H22N2O5. The number of ether oxygens (including phenoxy) is 1. The van der Waals surface area contributed by atoms with Crippen molar-refractivity contribution in [1.82, 2.24) is 4.90 Å². The van der Waals surface area contributed by atoms with E-state index in [0.29, 0.717) is 25.3 Å². The highest BCUT2D eigenvalue weighted by Crippen LogP contribution is 2.22. The maximum absolute atomic E-state index is 12.5. The van der Waals surface area contributed by atoms with Crippen LogP contribution in [-0.2, 0) is 9.63 Å². The second kappa shape index (κ2) is 7.55. The zero-order valence-corrected chi connectivity index (χ0v) is 14.2. The van der Waals surface area contributed by atoms with Crippen LogP contribution in [0.15, 0.2) is 29.4 Å². The summed E-state index contributed by atoms with van der Waals surface area (Å²) < 4.78 is 5.89. The highest BCUT2D eigenvalue weighted by Gasteiger charge is 2.33. The molecule has 1 saturated heterocycles. The van der Waals surface area contributed by atoms with E-state index in [0.717, 1.165) is 25.0 Å². The summed E-state index contributed by atoms with van der Waals surface area (Å²) in [6.45, 7) is 3.25. The fourth-order valence-corrected chi connectivity index (χ4v) is 3.03. The molecule has 3 rings (SSSR count). The van der Waals surface area contributed by atoms with E-state index in [2.05, 4.69) is 5.16 Å². The largest absolute Gasteiger partial charge is 0.490 e. The van der Waals surface area contributed by atoms with Gasteiger partial charge < -0.3 is 19.6 Å². The zero-order chi connectivity index (χ0) is 17.8. The van der Waals surface area contributed by atoms with Crippen LogP contribution in [0.1, 0.15) is 43.0 Å². The van der Waals surface area contributed by atoms with Gasteiger partial charge in [-0.1, -0.05) is 12.1 Å². The van der Waals surface area contributed by atoms with Crippen LogP contribution in [-0.4, -0.2) is 52.9 Å². The molecule has 25 heavy (non-hydrogen) atoms. The number of aromatic carboxylic acids is 1. The molecule has 7 heteroatoms. The van der Waals surface area contributed by atoms with Crippen molar-refractivity contribution in [1.29, 1.82) is 0 Å². The Hall–Kier alpha value is -2.57. The van der Waals surface area contributed by atoms with Gasteiger partial charge in [-0.2, -0.15) is 0 Å². The lowest BCUT2D eigenvalue weighted by atomic mass is 10.1. The fourth-order valence-electron chi connectivity index (χ4n) is 3.03. The van der Waals surface area contributed by atoms with Gasteiger partial charge in [0.25, 0.3) is 5.91 Å². The summed E-state index contributed by atoms with van der Waals surface area (Å²) in [5.41, 5.74) is 1.17. The van der Waals surface area contributed by atoms with Crippen LogP contribution in [0.25, 0.3) is 0 Å². The Labute approximate surface area is 146 Å². The minimum absolute atomic E-state index is 0.00328. The van der Waals surface area contributed by atoms with Crippen LogP contribution in [0.4, 0.5) is 0 Å². The first-order valence-corrected chi connectivity index (χ1v) is 8.57. The topological polar surface area (TPSA) is 88.4 Å². The van der Waals surface area contributed by atoms with Crippen LogP contribution >= 0.6 is 0 Å². The molecule has 2 aliphatic rings. The molecule has 0 radical (unpaired) electrons. The average Bonchev–Trinajstić information content (AvgIpc) is 3.11. The molecule has 0 bridgehead atoms. The lowest BCUT2D eigenvalue weighted by Crippen LogP contribution is -2.46. The number of carboxylic acid groups (broad SMARTS) is 1. The Bertz CT molecular complexity index is 663. The third kappa shape index (κ3) is 4.10. The summed E-state index contributed by atoms with van der Waals surface area (Å²) in [5.74, 6) is -0.311. The average molecular weight is 346 g/mol. The van der Waals surface area contributed by atoms with Crippen molar-refractivity contribution in [3.8, 4) is 5.75 Å². The summed E-state index contributed by atoms with van der Waals surface area (Å²) in [7, 11) is 0. The minimum Gasteiger partial charge on any atom is -0.490 e. The van der Waals surface area contributed by atoms with E-state index < -0.39 is 12.1 Å². The molecule has 1 atom stereocenters. The number of carboxylic acids is 1. The van der Waals surface area contributed by atoms with E-state index in [4.69, 9.17) is 14.7 Å². The number of nitrogens with zero attached hydrogens (tertiary/aromatic N) is 2. The third-order valence-electron chi connectivity index (χ3n) is 4.57. The number of oxime groups is 1. The van der Waals surface area contributed by atoms with E-state index >= 15 is 0 Å². The molecule has 0 aromatic heterocycles. The molecule has 1 N–H and O–H groups in total. The van der Waals surface area contributed by atoms with Crippen LogP contribution in [0.3, 0.4) is 0 Å². The molecule has 1 fully saturated rings. The first-order valence-electron chi connectivity index (χ1n) is 8.57. The third-order valence-corrected chi connectivity index (χ3v) is 4.57. The van der Waals surface area contributed by atoms with E-state index in [1.807, 2.05) is 11.8 Å². The molecule has 0 saturated carbocycles. The lowest BCUT2D eigenvalue weighted by Gasteiger charge is -2.33. The van der Waals surface area contributed by atoms with E-state index in [1.165, 1.54) is 12.1 Å². The molecule has 7 nitrogen and oxygen atoms in total. The number of likely N-dealkylation sites (tertiary alicyclic amines) is 1. The molecule has 1 aromatic carbocycles. The molecule has 1 aromatic rings. The number of piperidine rings is 1. The molecule has 1 amide bonds. The van der Waals surface area contributed by atoms with Crippen LogP contribution in [0.2, 0.25) is 0 Å². The van der Waals surface area contributed by atoms with Gasteiger partial charge in [-0.3, -0.25) is 4.79 Å². The molecular weight excluding hydrogens is 324 g/mol. The molecule has 2 heterocycles. The van der Waals surface area contributed by atoms with Crippen molar-refractivity contribution in [2.24, 2.45) is 5.16 Å². The second-order valence-corrected chi connectivity index (χ2v) is 6.28. The van der Waals surface area contributed by atoms with Crippen molar-refractivity contribution in [2.75, 3.05) is 13.1 Å². The van der Waals surface area contributed by atoms with E-state index in [9.17, 15) is 9.59 Å². The van der Waals surface area contributed by atoms with Crippen molar-refractivity contribution in [3.63, 3.8) is 0 Å². The summed E-state index contributed by atoms with van der Waals surface area (Å²) in [5, 5.41) is 12.8. The Morgan fingerprint density at radius 3 is 2.52 bits per heavy atom. The van der Waals surface area contributed by atoms with Crippen LogP contribution < -0.4 is 4.74 Å². The molecule has 1 unspecified atom stereocenters. The first-order chi connectivity index (χ1) is 12.1. The number of hydrogen-bond acceptors (Lipinski definition) is 5. The Morgan fingerprint density at radius 2 is 1.96 bits per heavy atom. The summed E-state index contributed by atoms with van der Waals surface area (Å²) in [6.07, 6.45) is 2.41. The van der Waals surface area contributed by atoms with Crippen molar-refractivity contribution in [3.05, 3.63) is 29.8 Å². The Morgan fingerprint density at radius 1 is 1.28 bits per heavy atom. The van der Waals surface area contributed by atoms with Crippen LogP contribution in [0, 0.1) is 0 Å². The number of benzene rings is 1. The monoisotopic (exact) mass is 346 g/mol. The van der Waals surface area contributed by atoms with Crippen LogP contribution in [0.5, 0.6) is 5.75 Å². The molecule has 134 valence electrons. The van der Waals surface area contributed by atoms with Crippen molar-refractivity contribution >= 4 is 17.6 Å². The van der Waals surface area contributed by atoms with Crippen molar-refractivity contribution in [2.45, 2.75) is 44.8 Å². The maximum atomic E-state index is 12.5. The SMILES string of the molecule is CCC1=NOC(C(=O)N2CCC(Oc3ccc(C(=O)O)cc3)CC2)C1. The lowest BCUT2D eigenvalue weighted by molar-refractivity contribution is -0.143. The second-order valence-electron chi connectivity index (χ2n) is 6.28. The van der Waals surface area contributed by atoms with Gasteiger partial charge in [0.15, 0.2) is 0 Å². The standard InChI is InChI=1S/C18H22N2O5/c1-2-13-11-16(25-19-13)17(21)20-9-7-15(8-10-20)24-14-5-3-12(4-6-14)18(22)23/h3-6,15-16H,2,7-11H2,1H3,(H,22,23). The maximum Gasteiger partial charge on any atom is 0.335 e. The normalized spacial score (nSPS) is 20.8. The minimum atomic E-state index is -0.956. The number of rotatable bonds is 5. The highest BCUT2D eigenvalue weighted by atomic mass is 16.6. The fraction of sp³-hybridized carbons (Fsp3) is 0.500. The molecule has 0 spiro atoms. The number of carbonyl (C=O) groups excluding carboxylic acids is 1. The molecule has 2 aliphatic heterocycles. The summed E-state index contributed by atoms with van der Waals surface area (Å²) in [6, 6.07) is 6.38. The summed E-state index contributed by atoms with van der Waals surface area (Å²) in [4.78, 5) is 30.4. The van der Waals surface area contributed by atoms with Gasteiger partial charge in [0.1, 0.15) is 11.9 Å². The molecule has 0 aliphatic carbocycles.